The van der Waals surface area contributed by atoms with Crippen molar-refractivity contribution >= 4 is 22.2 Å². The number of hydrogen-bond donors (Lipinski definition) is 0. The smallest absolute Gasteiger partial charge is 0.416 e. The van der Waals surface area contributed by atoms with E-state index >= 15 is 0 Å². The van der Waals surface area contributed by atoms with Gasteiger partial charge in [0.05, 0.1) is 10.0 Å². The first-order valence-electron chi connectivity index (χ1n) is 5.50. The van der Waals surface area contributed by atoms with Crippen LogP contribution in [0.1, 0.15) is 15.9 Å². The first-order chi connectivity index (χ1) is 9.40. The van der Waals surface area contributed by atoms with Gasteiger partial charge in [0.1, 0.15) is 17.8 Å². The van der Waals surface area contributed by atoms with Crippen LogP contribution in [0.4, 0.5) is 13.2 Å². The van der Waals surface area contributed by atoms with Gasteiger partial charge in [-0.2, -0.15) is 13.2 Å². The van der Waals surface area contributed by atoms with Crippen LogP contribution < -0.4 is 4.74 Å². The molecule has 2 aromatic rings. The fraction of sp³-hybridized carbons (Fsp3) is 0.0714. The fourth-order valence-corrected chi connectivity index (χ4v) is 1.83. The molecule has 0 aliphatic heterocycles. The number of carbonyl (C=O) groups is 1. The van der Waals surface area contributed by atoms with Gasteiger partial charge in [-0.3, -0.25) is 4.79 Å². The molecule has 0 unspecified atom stereocenters. The van der Waals surface area contributed by atoms with Gasteiger partial charge in [-0.05, 0) is 58.4 Å². The lowest BCUT2D eigenvalue weighted by Gasteiger charge is -2.11. The Morgan fingerprint density at radius 2 is 1.70 bits per heavy atom. The summed E-state index contributed by atoms with van der Waals surface area (Å²) in [7, 11) is 0. The highest BCUT2D eigenvalue weighted by Crippen LogP contribution is 2.36. The first kappa shape index (κ1) is 14.6. The zero-order valence-corrected chi connectivity index (χ0v) is 11.5. The van der Waals surface area contributed by atoms with Crippen LogP contribution in [0.5, 0.6) is 11.5 Å². The molecule has 0 amide bonds. The SMILES string of the molecule is O=Cc1ccc(Oc2cc(C(F)(F)F)ccc2Br)cc1. The number of alkyl halides is 3. The summed E-state index contributed by atoms with van der Waals surface area (Å²) in [6, 6.07) is 9.21. The van der Waals surface area contributed by atoms with Crippen molar-refractivity contribution < 1.29 is 22.7 Å². The molecule has 0 heterocycles. The van der Waals surface area contributed by atoms with E-state index in [0.29, 0.717) is 22.1 Å². The van der Waals surface area contributed by atoms with Gasteiger partial charge in [0, 0.05) is 5.56 Å². The molecule has 0 N–H and O–H groups in total. The highest BCUT2D eigenvalue weighted by atomic mass is 79.9. The Kier molecular flexibility index (Phi) is 4.13. The third-order valence-corrected chi connectivity index (χ3v) is 3.16. The zero-order chi connectivity index (χ0) is 14.8. The quantitative estimate of drug-likeness (QED) is 0.726. The normalized spacial score (nSPS) is 11.2. The van der Waals surface area contributed by atoms with Crippen molar-refractivity contribution in [2.45, 2.75) is 6.18 Å². The molecular formula is C14H8BrF3O2. The van der Waals surface area contributed by atoms with Crippen LogP contribution in [0, 0.1) is 0 Å². The minimum Gasteiger partial charge on any atom is -0.456 e. The molecule has 0 fully saturated rings. The lowest BCUT2D eigenvalue weighted by molar-refractivity contribution is -0.137. The predicted octanol–water partition coefficient (Wildman–Crippen LogP) is 5.07. The summed E-state index contributed by atoms with van der Waals surface area (Å²) in [5.41, 5.74) is -0.333. The molecular weight excluding hydrogens is 337 g/mol. The van der Waals surface area contributed by atoms with E-state index < -0.39 is 11.7 Å². The number of hydrogen-bond acceptors (Lipinski definition) is 2. The van der Waals surface area contributed by atoms with Gasteiger partial charge in [0.15, 0.2) is 0 Å². The maximum absolute atomic E-state index is 12.6. The van der Waals surface area contributed by atoms with Crippen molar-refractivity contribution in [2.75, 3.05) is 0 Å². The van der Waals surface area contributed by atoms with Crippen LogP contribution in [0.2, 0.25) is 0 Å². The topological polar surface area (TPSA) is 26.3 Å². The minimum atomic E-state index is -4.43. The summed E-state index contributed by atoms with van der Waals surface area (Å²) in [5, 5.41) is 0. The van der Waals surface area contributed by atoms with Crippen LogP contribution in [-0.2, 0) is 6.18 Å². The van der Waals surface area contributed by atoms with E-state index in [1.165, 1.54) is 30.3 Å². The molecule has 0 spiro atoms. The second-order valence-corrected chi connectivity index (χ2v) is 4.79. The van der Waals surface area contributed by atoms with E-state index in [2.05, 4.69) is 15.9 Å². The number of ether oxygens (including phenoxy) is 1. The lowest BCUT2D eigenvalue weighted by atomic mass is 10.2. The van der Waals surface area contributed by atoms with E-state index in [1.54, 1.807) is 0 Å². The van der Waals surface area contributed by atoms with Gasteiger partial charge in [-0.1, -0.05) is 0 Å². The first-order valence-corrected chi connectivity index (χ1v) is 6.29. The molecule has 0 radical (unpaired) electrons. The Hall–Kier alpha value is -1.82. The summed E-state index contributed by atoms with van der Waals surface area (Å²) in [4.78, 5) is 10.5. The Labute approximate surface area is 121 Å². The van der Waals surface area contributed by atoms with E-state index in [-0.39, 0.29) is 5.75 Å². The van der Waals surface area contributed by atoms with Crippen molar-refractivity contribution in [1.29, 1.82) is 0 Å². The third kappa shape index (κ3) is 3.39. The molecule has 0 atom stereocenters. The van der Waals surface area contributed by atoms with Crippen molar-refractivity contribution in [3.63, 3.8) is 0 Å². The summed E-state index contributed by atoms with van der Waals surface area (Å²) in [5.74, 6) is 0.398. The highest BCUT2D eigenvalue weighted by Gasteiger charge is 2.31. The van der Waals surface area contributed by atoms with E-state index in [4.69, 9.17) is 4.74 Å². The largest absolute Gasteiger partial charge is 0.456 e. The van der Waals surface area contributed by atoms with Crippen molar-refractivity contribution in [3.05, 3.63) is 58.1 Å². The predicted molar refractivity (Wildman–Crippen MR) is 71.0 cm³/mol. The van der Waals surface area contributed by atoms with Crippen LogP contribution in [0.25, 0.3) is 0 Å². The third-order valence-electron chi connectivity index (χ3n) is 2.50. The number of aldehydes is 1. The molecule has 0 saturated heterocycles. The van der Waals surface area contributed by atoms with Crippen LogP contribution >= 0.6 is 15.9 Å². The van der Waals surface area contributed by atoms with Gasteiger partial charge < -0.3 is 4.74 Å². The maximum Gasteiger partial charge on any atom is 0.416 e. The summed E-state index contributed by atoms with van der Waals surface area (Å²) in [6.07, 6.45) is -3.76. The molecule has 0 aliphatic carbocycles. The van der Waals surface area contributed by atoms with Gasteiger partial charge in [-0.25, -0.2) is 0 Å². The van der Waals surface area contributed by atoms with E-state index in [0.717, 1.165) is 12.1 Å². The Balaban J connectivity index is 2.30. The van der Waals surface area contributed by atoms with Gasteiger partial charge in [0.2, 0.25) is 0 Å². The maximum atomic E-state index is 12.6. The van der Waals surface area contributed by atoms with Crippen molar-refractivity contribution in [1.82, 2.24) is 0 Å². The molecule has 0 aliphatic rings. The standard InChI is InChI=1S/C14H8BrF3O2/c15-12-6-3-10(14(16,17)18)7-13(12)20-11-4-1-9(8-19)2-5-11/h1-8H. The summed E-state index contributed by atoms with van der Waals surface area (Å²) < 4.78 is 43.7. The Morgan fingerprint density at radius 3 is 2.25 bits per heavy atom. The second-order valence-electron chi connectivity index (χ2n) is 3.93. The van der Waals surface area contributed by atoms with Crippen LogP contribution in [-0.4, -0.2) is 6.29 Å². The number of carbonyl (C=O) groups excluding carboxylic acids is 1. The molecule has 20 heavy (non-hydrogen) atoms. The molecule has 0 saturated carbocycles. The van der Waals surface area contributed by atoms with Gasteiger partial charge in [0.25, 0.3) is 0 Å². The number of rotatable bonds is 3. The lowest BCUT2D eigenvalue weighted by Crippen LogP contribution is -2.04. The molecule has 2 rings (SSSR count). The average Bonchev–Trinajstić information content (AvgIpc) is 2.41. The van der Waals surface area contributed by atoms with E-state index in [1.807, 2.05) is 0 Å². The van der Waals surface area contributed by atoms with Gasteiger partial charge >= 0.3 is 6.18 Å². The fourth-order valence-electron chi connectivity index (χ4n) is 1.50. The summed E-state index contributed by atoms with van der Waals surface area (Å²) >= 11 is 3.13. The van der Waals surface area contributed by atoms with Crippen molar-refractivity contribution in [2.24, 2.45) is 0 Å². The Morgan fingerprint density at radius 1 is 1.05 bits per heavy atom. The van der Waals surface area contributed by atoms with E-state index in [9.17, 15) is 18.0 Å². The average molecular weight is 345 g/mol. The zero-order valence-electron chi connectivity index (χ0n) is 9.95. The number of halogens is 4. The van der Waals surface area contributed by atoms with Gasteiger partial charge in [-0.15, -0.1) is 0 Å². The molecule has 0 aromatic heterocycles. The monoisotopic (exact) mass is 344 g/mol. The highest BCUT2D eigenvalue weighted by molar-refractivity contribution is 9.10. The Bertz CT molecular complexity index is 621. The molecule has 0 bridgehead atoms. The molecule has 6 heteroatoms. The number of benzene rings is 2. The second kappa shape index (κ2) is 5.66. The summed E-state index contributed by atoms with van der Waals surface area (Å²) in [6.45, 7) is 0. The van der Waals surface area contributed by atoms with Crippen LogP contribution in [0.3, 0.4) is 0 Å². The molecule has 2 aromatic carbocycles. The minimum absolute atomic E-state index is 0.0543. The molecule has 2 nitrogen and oxygen atoms in total. The molecule has 104 valence electrons. The van der Waals surface area contributed by atoms with Crippen LogP contribution in [0.15, 0.2) is 46.9 Å². The van der Waals surface area contributed by atoms with Crippen molar-refractivity contribution in [3.8, 4) is 11.5 Å².